The Bertz CT molecular complexity index is 656. The molecule has 112 valence electrons. The molecule has 21 heavy (non-hydrogen) atoms. The molecule has 0 saturated carbocycles. The second-order valence-electron chi connectivity index (χ2n) is 5.69. The fraction of sp³-hybridized carbons (Fsp3) is 0.312. The van der Waals surface area contributed by atoms with Crippen LogP contribution in [0.4, 0.5) is 4.39 Å². The molecule has 0 atom stereocenters. The van der Waals surface area contributed by atoms with Crippen molar-refractivity contribution in [3.05, 3.63) is 41.9 Å². The first kappa shape index (κ1) is 15.1. The van der Waals surface area contributed by atoms with Crippen LogP contribution in [0.15, 0.2) is 34.7 Å². The standard InChI is InChI=1S/C16H18FNO3/c1-16(2,3)18-15(19)13-9-8-12(21-13)14-10(17)6-5-7-11(14)20-4/h5-9H,1-4H3,(H,18,19). The van der Waals surface area contributed by atoms with Crippen LogP contribution in [0.2, 0.25) is 0 Å². The Morgan fingerprint density at radius 2 is 1.95 bits per heavy atom. The van der Waals surface area contributed by atoms with Gasteiger partial charge in [0.1, 0.15) is 17.3 Å². The lowest BCUT2D eigenvalue weighted by Gasteiger charge is -2.19. The Morgan fingerprint density at radius 1 is 1.24 bits per heavy atom. The second kappa shape index (κ2) is 5.60. The van der Waals surface area contributed by atoms with E-state index in [0.717, 1.165) is 0 Å². The molecule has 0 aliphatic heterocycles. The number of hydrogen-bond acceptors (Lipinski definition) is 3. The molecule has 0 aliphatic rings. The molecule has 1 amide bonds. The fourth-order valence-electron chi connectivity index (χ4n) is 1.91. The van der Waals surface area contributed by atoms with Crippen LogP contribution in [0, 0.1) is 5.82 Å². The molecule has 0 spiro atoms. The minimum Gasteiger partial charge on any atom is -0.496 e. The Hall–Kier alpha value is -2.30. The molecule has 0 saturated heterocycles. The van der Waals surface area contributed by atoms with Crippen LogP contribution in [0.1, 0.15) is 31.3 Å². The lowest BCUT2D eigenvalue weighted by molar-refractivity contribution is 0.0892. The van der Waals surface area contributed by atoms with E-state index in [-0.39, 0.29) is 28.5 Å². The Kier molecular flexibility index (Phi) is 4.02. The van der Waals surface area contributed by atoms with Crippen molar-refractivity contribution in [2.24, 2.45) is 0 Å². The number of carbonyl (C=O) groups excluding carboxylic acids is 1. The number of amides is 1. The van der Waals surface area contributed by atoms with E-state index >= 15 is 0 Å². The van der Waals surface area contributed by atoms with E-state index in [2.05, 4.69) is 5.32 Å². The Labute approximate surface area is 122 Å². The van der Waals surface area contributed by atoms with Gasteiger partial charge in [-0.1, -0.05) is 6.07 Å². The summed E-state index contributed by atoms with van der Waals surface area (Å²) in [5.41, 5.74) is -0.172. The molecule has 1 aromatic carbocycles. The monoisotopic (exact) mass is 291 g/mol. The van der Waals surface area contributed by atoms with Gasteiger partial charge >= 0.3 is 0 Å². The van der Waals surface area contributed by atoms with Crippen LogP contribution in [0.5, 0.6) is 5.75 Å². The van der Waals surface area contributed by atoms with E-state index in [1.54, 1.807) is 18.2 Å². The molecule has 0 aliphatic carbocycles. The summed E-state index contributed by atoms with van der Waals surface area (Å²) in [6.07, 6.45) is 0. The summed E-state index contributed by atoms with van der Waals surface area (Å²) in [6.45, 7) is 5.61. The van der Waals surface area contributed by atoms with Gasteiger partial charge in [0.15, 0.2) is 5.76 Å². The second-order valence-corrected chi connectivity index (χ2v) is 5.69. The van der Waals surface area contributed by atoms with Gasteiger partial charge in [0, 0.05) is 5.54 Å². The summed E-state index contributed by atoms with van der Waals surface area (Å²) in [6, 6.07) is 7.57. The van der Waals surface area contributed by atoms with E-state index in [1.165, 1.54) is 19.2 Å². The summed E-state index contributed by atoms with van der Waals surface area (Å²) < 4.78 is 24.6. The third kappa shape index (κ3) is 3.42. The van der Waals surface area contributed by atoms with Gasteiger partial charge in [-0.3, -0.25) is 4.79 Å². The predicted molar refractivity (Wildman–Crippen MR) is 77.9 cm³/mol. The van der Waals surface area contributed by atoms with E-state index in [0.29, 0.717) is 5.75 Å². The number of nitrogens with one attached hydrogen (secondary N) is 1. The third-order valence-corrected chi connectivity index (χ3v) is 2.76. The fourth-order valence-corrected chi connectivity index (χ4v) is 1.91. The third-order valence-electron chi connectivity index (χ3n) is 2.76. The average Bonchev–Trinajstić information content (AvgIpc) is 2.85. The summed E-state index contributed by atoms with van der Waals surface area (Å²) in [5.74, 6) is -0.0723. The maximum Gasteiger partial charge on any atom is 0.287 e. The van der Waals surface area contributed by atoms with Gasteiger partial charge in [-0.2, -0.15) is 0 Å². The molecule has 0 bridgehead atoms. The van der Waals surface area contributed by atoms with E-state index < -0.39 is 5.82 Å². The van der Waals surface area contributed by atoms with Crippen molar-refractivity contribution < 1.29 is 18.3 Å². The van der Waals surface area contributed by atoms with Crippen molar-refractivity contribution in [2.75, 3.05) is 7.11 Å². The number of halogens is 1. The van der Waals surface area contributed by atoms with Crippen molar-refractivity contribution in [3.63, 3.8) is 0 Å². The zero-order valence-corrected chi connectivity index (χ0v) is 12.5. The minimum atomic E-state index is -0.466. The van der Waals surface area contributed by atoms with Gasteiger partial charge in [0.25, 0.3) is 5.91 Å². The molecule has 0 unspecified atom stereocenters. The van der Waals surface area contributed by atoms with Gasteiger partial charge in [0.05, 0.1) is 12.7 Å². The molecule has 5 heteroatoms. The molecule has 1 N–H and O–H groups in total. The van der Waals surface area contributed by atoms with E-state index in [4.69, 9.17) is 9.15 Å². The van der Waals surface area contributed by atoms with Crippen LogP contribution in [0.25, 0.3) is 11.3 Å². The van der Waals surface area contributed by atoms with Gasteiger partial charge in [-0.25, -0.2) is 4.39 Å². The topological polar surface area (TPSA) is 51.5 Å². The number of furan rings is 1. The summed E-state index contributed by atoms with van der Waals surface area (Å²) >= 11 is 0. The average molecular weight is 291 g/mol. The van der Waals surface area contributed by atoms with Crippen LogP contribution < -0.4 is 10.1 Å². The van der Waals surface area contributed by atoms with Crippen LogP contribution in [0.3, 0.4) is 0 Å². The van der Waals surface area contributed by atoms with Crippen LogP contribution >= 0.6 is 0 Å². The largest absolute Gasteiger partial charge is 0.496 e. The maximum atomic E-state index is 14.0. The summed E-state index contributed by atoms with van der Waals surface area (Å²) in [7, 11) is 1.45. The van der Waals surface area contributed by atoms with Crippen molar-refractivity contribution in [2.45, 2.75) is 26.3 Å². The normalized spacial score (nSPS) is 11.3. The Balaban J connectivity index is 2.35. The van der Waals surface area contributed by atoms with Gasteiger partial charge in [0.2, 0.25) is 0 Å². The lowest BCUT2D eigenvalue weighted by Crippen LogP contribution is -2.40. The summed E-state index contributed by atoms with van der Waals surface area (Å²) in [4.78, 5) is 12.0. The minimum absolute atomic E-state index is 0.130. The highest BCUT2D eigenvalue weighted by Crippen LogP contribution is 2.33. The number of benzene rings is 1. The number of ether oxygens (including phenoxy) is 1. The Morgan fingerprint density at radius 3 is 2.57 bits per heavy atom. The highest BCUT2D eigenvalue weighted by Gasteiger charge is 2.20. The van der Waals surface area contributed by atoms with Crippen molar-refractivity contribution >= 4 is 5.91 Å². The molecule has 2 aromatic rings. The lowest BCUT2D eigenvalue weighted by atomic mass is 10.1. The number of hydrogen-bond donors (Lipinski definition) is 1. The van der Waals surface area contributed by atoms with E-state index in [9.17, 15) is 9.18 Å². The SMILES string of the molecule is COc1cccc(F)c1-c1ccc(C(=O)NC(C)(C)C)o1. The molecule has 4 nitrogen and oxygen atoms in total. The molecule has 0 fully saturated rings. The number of rotatable bonds is 3. The van der Waals surface area contributed by atoms with Gasteiger partial charge < -0.3 is 14.5 Å². The molecule has 0 radical (unpaired) electrons. The van der Waals surface area contributed by atoms with Crippen molar-refractivity contribution in [3.8, 4) is 17.1 Å². The zero-order chi connectivity index (χ0) is 15.6. The van der Waals surface area contributed by atoms with E-state index in [1.807, 2.05) is 20.8 Å². The quantitative estimate of drug-likeness (QED) is 0.939. The van der Waals surface area contributed by atoms with Gasteiger partial charge in [-0.15, -0.1) is 0 Å². The highest BCUT2D eigenvalue weighted by molar-refractivity contribution is 5.92. The van der Waals surface area contributed by atoms with Crippen molar-refractivity contribution in [1.29, 1.82) is 0 Å². The first-order chi connectivity index (χ1) is 9.81. The van der Waals surface area contributed by atoms with Crippen LogP contribution in [-0.2, 0) is 0 Å². The van der Waals surface area contributed by atoms with Crippen molar-refractivity contribution in [1.82, 2.24) is 5.32 Å². The predicted octanol–water partition coefficient (Wildman–Crippen LogP) is 3.62. The van der Waals surface area contributed by atoms with Gasteiger partial charge in [-0.05, 0) is 45.0 Å². The van der Waals surface area contributed by atoms with Crippen LogP contribution in [-0.4, -0.2) is 18.6 Å². The smallest absolute Gasteiger partial charge is 0.287 e. The number of carbonyl (C=O) groups is 1. The first-order valence-electron chi connectivity index (χ1n) is 6.57. The first-order valence-corrected chi connectivity index (χ1v) is 6.57. The number of methoxy groups -OCH3 is 1. The summed E-state index contributed by atoms with van der Waals surface area (Å²) in [5, 5.41) is 2.79. The highest BCUT2D eigenvalue weighted by atomic mass is 19.1. The molecular formula is C16H18FNO3. The zero-order valence-electron chi connectivity index (χ0n) is 12.5. The molecular weight excluding hydrogens is 273 g/mol. The molecule has 2 rings (SSSR count). The molecule has 1 aromatic heterocycles. The maximum absolute atomic E-state index is 14.0. The molecule has 1 heterocycles.